The number of piperazine rings is 1. The van der Waals surface area contributed by atoms with Crippen LogP contribution in [0.3, 0.4) is 0 Å². The molecule has 10 heteroatoms. The van der Waals surface area contributed by atoms with Crippen molar-refractivity contribution >= 4 is 15.8 Å². The summed E-state index contributed by atoms with van der Waals surface area (Å²) in [6.45, 7) is 3.28. The number of aryl methyl sites for hydroxylation is 1. The van der Waals surface area contributed by atoms with Crippen LogP contribution in [0.4, 0.5) is 10.2 Å². The van der Waals surface area contributed by atoms with Crippen molar-refractivity contribution in [3.05, 3.63) is 60.4 Å². The Bertz CT molecular complexity index is 1080. The Morgan fingerprint density at radius 1 is 0.964 bits per heavy atom. The maximum Gasteiger partial charge on any atom is 0.246 e. The molecule has 4 rings (SSSR count). The Hall–Kier alpha value is -2.85. The summed E-state index contributed by atoms with van der Waals surface area (Å²) in [5, 5.41) is 8.49. The molecule has 0 unspecified atom stereocenters. The summed E-state index contributed by atoms with van der Waals surface area (Å²) in [7, 11) is -3.85. The lowest BCUT2D eigenvalue weighted by atomic mass is 10.3. The number of sulfonamides is 1. The van der Waals surface area contributed by atoms with Crippen LogP contribution in [-0.4, -0.2) is 58.7 Å². The molecule has 1 saturated heterocycles. The van der Waals surface area contributed by atoms with Gasteiger partial charge in [0.2, 0.25) is 10.0 Å². The van der Waals surface area contributed by atoms with Crippen molar-refractivity contribution in [1.82, 2.24) is 24.1 Å². The highest BCUT2D eigenvalue weighted by molar-refractivity contribution is 7.89. The minimum atomic E-state index is -3.85. The SMILES string of the molecule is Cc1nccn1-c1ccc(N2CCN(S(=O)(=O)c3ccccc3F)CC2)nn1. The minimum absolute atomic E-state index is 0.251. The molecule has 0 N–H and O–H groups in total. The molecule has 0 spiro atoms. The van der Waals surface area contributed by atoms with Crippen molar-refractivity contribution in [2.75, 3.05) is 31.1 Å². The summed E-state index contributed by atoms with van der Waals surface area (Å²) in [5.74, 6) is 1.42. The minimum Gasteiger partial charge on any atom is -0.352 e. The molecular weight excluding hydrogens is 383 g/mol. The molecular formula is C18H19FN6O2S. The summed E-state index contributed by atoms with van der Waals surface area (Å²) in [5.41, 5.74) is 0. The van der Waals surface area contributed by atoms with E-state index in [9.17, 15) is 12.8 Å². The third-order valence-corrected chi connectivity index (χ3v) is 6.66. The first kappa shape index (κ1) is 18.5. The Balaban J connectivity index is 1.46. The van der Waals surface area contributed by atoms with E-state index in [1.807, 2.05) is 34.7 Å². The second kappa shape index (κ2) is 7.28. The Labute approximate surface area is 162 Å². The predicted octanol–water partition coefficient (Wildman–Crippen LogP) is 1.62. The van der Waals surface area contributed by atoms with Crippen LogP contribution in [-0.2, 0) is 10.0 Å². The number of anilines is 1. The van der Waals surface area contributed by atoms with Crippen LogP contribution in [0.2, 0.25) is 0 Å². The fourth-order valence-corrected chi connectivity index (χ4v) is 4.67. The summed E-state index contributed by atoms with van der Waals surface area (Å²) in [6, 6.07) is 9.13. The van der Waals surface area contributed by atoms with Gasteiger partial charge in [0.05, 0.1) is 0 Å². The summed E-state index contributed by atoms with van der Waals surface area (Å²) < 4.78 is 42.4. The molecule has 0 aliphatic carbocycles. The van der Waals surface area contributed by atoms with Gasteiger partial charge >= 0.3 is 0 Å². The highest BCUT2D eigenvalue weighted by atomic mass is 32.2. The number of halogens is 1. The first-order valence-electron chi connectivity index (χ1n) is 8.80. The fourth-order valence-electron chi connectivity index (χ4n) is 3.19. The average molecular weight is 402 g/mol. The third-order valence-electron chi connectivity index (χ3n) is 4.73. The van der Waals surface area contributed by atoms with Crippen LogP contribution in [0.1, 0.15) is 5.82 Å². The Morgan fingerprint density at radius 2 is 1.64 bits per heavy atom. The largest absolute Gasteiger partial charge is 0.352 e. The molecule has 0 amide bonds. The molecule has 1 aliphatic rings. The van der Waals surface area contributed by atoms with Gasteiger partial charge in [0.15, 0.2) is 11.6 Å². The lowest BCUT2D eigenvalue weighted by Gasteiger charge is -2.34. The van der Waals surface area contributed by atoms with Crippen LogP contribution >= 0.6 is 0 Å². The summed E-state index contributed by atoms with van der Waals surface area (Å²) in [4.78, 5) is 5.84. The van der Waals surface area contributed by atoms with Gasteiger partial charge in [-0.05, 0) is 31.2 Å². The molecule has 0 atom stereocenters. The molecule has 1 fully saturated rings. The van der Waals surface area contributed by atoms with E-state index in [4.69, 9.17) is 0 Å². The van der Waals surface area contributed by atoms with Crippen molar-refractivity contribution in [2.45, 2.75) is 11.8 Å². The quantitative estimate of drug-likeness (QED) is 0.659. The number of rotatable bonds is 4. The van der Waals surface area contributed by atoms with Gasteiger partial charge in [0.1, 0.15) is 16.5 Å². The molecule has 28 heavy (non-hydrogen) atoms. The van der Waals surface area contributed by atoms with Gasteiger partial charge in [-0.15, -0.1) is 10.2 Å². The number of hydrogen-bond donors (Lipinski definition) is 0. The van der Waals surface area contributed by atoms with Gasteiger partial charge in [-0.25, -0.2) is 17.8 Å². The van der Waals surface area contributed by atoms with E-state index in [0.29, 0.717) is 24.7 Å². The zero-order valence-corrected chi connectivity index (χ0v) is 16.0. The second-order valence-corrected chi connectivity index (χ2v) is 8.32. The molecule has 0 bridgehead atoms. The van der Waals surface area contributed by atoms with E-state index in [-0.39, 0.29) is 18.0 Å². The Kier molecular flexibility index (Phi) is 4.82. The van der Waals surface area contributed by atoms with Gasteiger partial charge in [0.25, 0.3) is 0 Å². The maximum atomic E-state index is 13.9. The summed E-state index contributed by atoms with van der Waals surface area (Å²) >= 11 is 0. The highest BCUT2D eigenvalue weighted by Crippen LogP contribution is 2.22. The van der Waals surface area contributed by atoms with Gasteiger partial charge in [-0.2, -0.15) is 4.31 Å². The normalized spacial score (nSPS) is 15.7. The molecule has 0 radical (unpaired) electrons. The van der Waals surface area contributed by atoms with Crippen LogP contribution in [0.5, 0.6) is 0 Å². The van der Waals surface area contributed by atoms with E-state index in [1.54, 1.807) is 6.20 Å². The van der Waals surface area contributed by atoms with E-state index in [1.165, 1.54) is 22.5 Å². The van der Waals surface area contributed by atoms with E-state index in [2.05, 4.69) is 15.2 Å². The van der Waals surface area contributed by atoms with Gasteiger partial charge in [-0.3, -0.25) is 4.57 Å². The number of nitrogens with zero attached hydrogens (tertiary/aromatic N) is 6. The number of benzene rings is 1. The fraction of sp³-hybridized carbons (Fsp3) is 0.278. The van der Waals surface area contributed by atoms with Gasteiger partial charge < -0.3 is 4.90 Å². The topological polar surface area (TPSA) is 84.2 Å². The average Bonchev–Trinajstić information content (AvgIpc) is 3.14. The molecule has 146 valence electrons. The van der Waals surface area contributed by atoms with Crippen LogP contribution in [0.15, 0.2) is 53.7 Å². The van der Waals surface area contributed by atoms with Crippen LogP contribution in [0.25, 0.3) is 5.82 Å². The molecule has 8 nitrogen and oxygen atoms in total. The molecule has 0 saturated carbocycles. The number of imidazole rings is 1. The van der Waals surface area contributed by atoms with Crippen LogP contribution < -0.4 is 4.90 Å². The van der Waals surface area contributed by atoms with E-state index >= 15 is 0 Å². The lowest BCUT2D eigenvalue weighted by Crippen LogP contribution is -2.49. The maximum absolute atomic E-state index is 13.9. The monoisotopic (exact) mass is 402 g/mol. The third kappa shape index (κ3) is 3.36. The van der Waals surface area contributed by atoms with Crippen molar-refractivity contribution < 1.29 is 12.8 Å². The first-order valence-corrected chi connectivity index (χ1v) is 10.2. The second-order valence-electron chi connectivity index (χ2n) is 6.42. The van der Waals surface area contributed by atoms with E-state index in [0.717, 1.165) is 11.9 Å². The van der Waals surface area contributed by atoms with Crippen molar-refractivity contribution in [3.63, 3.8) is 0 Å². The van der Waals surface area contributed by atoms with Gasteiger partial charge in [-0.1, -0.05) is 12.1 Å². The molecule has 3 heterocycles. The van der Waals surface area contributed by atoms with Crippen LogP contribution in [0, 0.1) is 12.7 Å². The molecule has 1 aromatic carbocycles. The highest BCUT2D eigenvalue weighted by Gasteiger charge is 2.30. The van der Waals surface area contributed by atoms with Crippen molar-refractivity contribution in [2.24, 2.45) is 0 Å². The Morgan fingerprint density at radius 3 is 2.25 bits per heavy atom. The molecule has 3 aromatic rings. The zero-order valence-electron chi connectivity index (χ0n) is 15.2. The predicted molar refractivity (Wildman–Crippen MR) is 101 cm³/mol. The number of hydrogen-bond acceptors (Lipinski definition) is 6. The molecule has 1 aliphatic heterocycles. The first-order chi connectivity index (χ1) is 13.5. The number of aromatic nitrogens is 4. The molecule has 2 aromatic heterocycles. The van der Waals surface area contributed by atoms with Crippen molar-refractivity contribution in [1.29, 1.82) is 0 Å². The summed E-state index contributed by atoms with van der Waals surface area (Å²) in [6.07, 6.45) is 3.51. The lowest BCUT2D eigenvalue weighted by molar-refractivity contribution is 0.381. The van der Waals surface area contributed by atoms with Gasteiger partial charge in [0, 0.05) is 38.6 Å². The standard InChI is InChI=1S/C18H19FN6O2S/c1-14-20-8-9-25(14)18-7-6-17(21-22-18)23-10-12-24(13-11-23)28(26,27)16-5-3-2-4-15(16)19/h2-9H,10-13H2,1H3. The van der Waals surface area contributed by atoms with Crippen molar-refractivity contribution in [3.8, 4) is 5.82 Å². The zero-order chi connectivity index (χ0) is 19.7. The smallest absolute Gasteiger partial charge is 0.246 e. The van der Waals surface area contributed by atoms with E-state index < -0.39 is 15.8 Å².